The van der Waals surface area contributed by atoms with Crippen LogP contribution in [0, 0.1) is 13.8 Å². The number of hydrogen-bond acceptors (Lipinski definition) is 7. The zero-order chi connectivity index (χ0) is 20.0. The van der Waals surface area contributed by atoms with Crippen LogP contribution in [0.1, 0.15) is 27.9 Å². The minimum atomic E-state index is -0.987. The van der Waals surface area contributed by atoms with Crippen molar-refractivity contribution in [2.45, 2.75) is 25.3 Å². The number of carbonyl (C=O) groups is 2. The highest BCUT2D eigenvalue weighted by molar-refractivity contribution is 7.99. The van der Waals surface area contributed by atoms with Gasteiger partial charge < -0.3 is 21.9 Å². The van der Waals surface area contributed by atoms with Crippen molar-refractivity contribution in [1.82, 2.24) is 15.3 Å². The van der Waals surface area contributed by atoms with E-state index in [1.807, 2.05) is 13.0 Å². The molecule has 0 unspecified atom stereocenters. The van der Waals surface area contributed by atoms with Crippen molar-refractivity contribution < 1.29 is 14.7 Å². The van der Waals surface area contributed by atoms with E-state index in [0.717, 1.165) is 5.56 Å². The number of aryl methyl sites for hydroxylation is 2. The van der Waals surface area contributed by atoms with Crippen LogP contribution >= 0.6 is 11.8 Å². The van der Waals surface area contributed by atoms with Crippen molar-refractivity contribution in [1.29, 1.82) is 0 Å². The quantitative estimate of drug-likeness (QED) is 0.303. The van der Waals surface area contributed by atoms with Crippen molar-refractivity contribution in [2.24, 2.45) is 5.73 Å². The summed E-state index contributed by atoms with van der Waals surface area (Å²) in [5.41, 5.74) is 14.2. The lowest BCUT2D eigenvalue weighted by Gasteiger charge is -2.11. The topological polar surface area (TPSA) is 144 Å². The van der Waals surface area contributed by atoms with Gasteiger partial charge in [-0.2, -0.15) is 0 Å². The molecule has 1 heterocycles. The summed E-state index contributed by atoms with van der Waals surface area (Å²) in [5, 5.41) is 12.8. The van der Waals surface area contributed by atoms with Gasteiger partial charge in [0.25, 0.3) is 0 Å². The number of amides is 1. The largest absolute Gasteiger partial charge is 0.478 e. The molecule has 0 aliphatic rings. The van der Waals surface area contributed by atoms with E-state index >= 15 is 0 Å². The molecule has 0 atom stereocenters. The van der Waals surface area contributed by atoms with E-state index in [0.29, 0.717) is 47.1 Å². The van der Waals surface area contributed by atoms with Crippen LogP contribution in [0.4, 0.5) is 5.95 Å². The van der Waals surface area contributed by atoms with Gasteiger partial charge in [0, 0.05) is 30.8 Å². The minimum absolute atomic E-state index is 0.0857. The number of nitrogens with two attached hydrogens (primary N) is 2. The van der Waals surface area contributed by atoms with Gasteiger partial charge in [0.1, 0.15) is 5.03 Å². The van der Waals surface area contributed by atoms with Crippen LogP contribution in [0.25, 0.3) is 11.3 Å². The first-order valence-electron chi connectivity index (χ1n) is 8.41. The molecule has 0 saturated carbocycles. The fourth-order valence-electron chi connectivity index (χ4n) is 2.58. The summed E-state index contributed by atoms with van der Waals surface area (Å²) in [5.74, 6) is -0.352. The molecule has 1 amide bonds. The molecule has 9 heteroatoms. The SMILES string of the molecule is Cc1cc(C)c(-c2cc(SCCNC(=O)CCN)nc(N)n2)cc1C(=O)O. The van der Waals surface area contributed by atoms with Crippen LogP contribution in [-0.2, 0) is 4.79 Å². The van der Waals surface area contributed by atoms with Gasteiger partial charge in [0.05, 0.1) is 11.3 Å². The predicted molar refractivity (Wildman–Crippen MR) is 106 cm³/mol. The van der Waals surface area contributed by atoms with Crippen LogP contribution in [0.15, 0.2) is 23.2 Å². The Morgan fingerprint density at radius 3 is 2.59 bits per heavy atom. The molecule has 0 spiro atoms. The smallest absolute Gasteiger partial charge is 0.335 e. The van der Waals surface area contributed by atoms with Gasteiger partial charge in [-0.25, -0.2) is 14.8 Å². The normalized spacial score (nSPS) is 10.6. The van der Waals surface area contributed by atoms with E-state index in [4.69, 9.17) is 11.5 Å². The van der Waals surface area contributed by atoms with Crippen molar-refractivity contribution in [3.8, 4) is 11.3 Å². The summed E-state index contributed by atoms with van der Waals surface area (Å²) in [6.07, 6.45) is 0.299. The number of carbonyl (C=O) groups excluding carboxylic acids is 1. The van der Waals surface area contributed by atoms with Gasteiger partial charge >= 0.3 is 5.97 Å². The van der Waals surface area contributed by atoms with E-state index < -0.39 is 5.97 Å². The number of nitrogen functional groups attached to an aromatic ring is 1. The maximum absolute atomic E-state index is 11.4. The number of nitrogens with one attached hydrogen (secondary N) is 1. The number of aromatic nitrogens is 2. The third-order valence-corrected chi connectivity index (χ3v) is 4.76. The molecule has 0 bridgehead atoms. The Labute approximate surface area is 161 Å². The summed E-state index contributed by atoms with van der Waals surface area (Å²) in [7, 11) is 0. The average molecular weight is 389 g/mol. The molecule has 0 aliphatic carbocycles. The molecule has 144 valence electrons. The third-order valence-electron chi connectivity index (χ3n) is 3.84. The lowest BCUT2D eigenvalue weighted by molar-refractivity contribution is -0.120. The second kappa shape index (κ2) is 9.33. The van der Waals surface area contributed by atoms with Crippen LogP contribution < -0.4 is 16.8 Å². The molecule has 8 nitrogen and oxygen atoms in total. The van der Waals surface area contributed by atoms with Gasteiger partial charge in [0.15, 0.2) is 0 Å². The number of thioether (sulfide) groups is 1. The molecule has 1 aromatic carbocycles. The average Bonchev–Trinajstić information content (AvgIpc) is 2.58. The van der Waals surface area contributed by atoms with Crippen LogP contribution in [0.2, 0.25) is 0 Å². The summed E-state index contributed by atoms with van der Waals surface area (Å²) in [6.45, 7) is 4.45. The number of carboxylic acid groups (broad SMARTS) is 1. The molecule has 2 rings (SSSR count). The molecular weight excluding hydrogens is 366 g/mol. The Bertz CT molecular complexity index is 857. The van der Waals surface area contributed by atoms with Gasteiger partial charge in [-0.1, -0.05) is 6.07 Å². The van der Waals surface area contributed by atoms with Crippen LogP contribution in [-0.4, -0.2) is 45.8 Å². The first-order chi connectivity index (χ1) is 12.8. The Morgan fingerprint density at radius 1 is 1.19 bits per heavy atom. The molecule has 0 radical (unpaired) electrons. The van der Waals surface area contributed by atoms with E-state index in [-0.39, 0.29) is 17.4 Å². The van der Waals surface area contributed by atoms with Gasteiger partial charge in [0.2, 0.25) is 11.9 Å². The number of anilines is 1. The number of hydrogen-bond donors (Lipinski definition) is 4. The van der Waals surface area contributed by atoms with Gasteiger partial charge in [-0.3, -0.25) is 4.79 Å². The zero-order valence-electron chi connectivity index (χ0n) is 15.3. The highest BCUT2D eigenvalue weighted by Gasteiger charge is 2.14. The first-order valence-corrected chi connectivity index (χ1v) is 9.39. The zero-order valence-corrected chi connectivity index (χ0v) is 16.1. The summed E-state index contributed by atoms with van der Waals surface area (Å²) in [4.78, 5) is 31.3. The molecule has 1 aromatic heterocycles. The Hall–Kier alpha value is -2.65. The van der Waals surface area contributed by atoms with Gasteiger partial charge in [-0.05, 0) is 37.1 Å². The number of carboxylic acids is 1. The molecule has 27 heavy (non-hydrogen) atoms. The van der Waals surface area contributed by atoms with E-state index in [2.05, 4.69) is 15.3 Å². The van der Waals surface area contributed by atoms with E-state index in [9.17, 15) is 14.7 Å². The highest BCUT2D eigenvalue weighted by atomic mass is 32.2. The maximum atomic E-state index is 11.4. The minimum Gasteiger partial charge on any atom is -0.478 e. The van der Waals surface area contributed by atoms with Crippen molar-refractivity contribution in [2.75, 3.05) is 24.6 Å². The number of aromatic carboxylic acids is 1. The standard InChI is InChI=1S/C18H23N5O3S/c1-10-7-11(2)13(17(25)26)8-12(10)14-9-16(23-18(20)22-14)27-6-5-21-15(24)3-4-19/h7-9H,3-6,19H2,1-2H3,(H,21,24)(H,25,26)(H2,20,22,23). The van der Waals surface area contributed by atoms with Crippen LogP contribution in [0.3, 0.4) is 0 Å². The lowest BCUT2D eigenvalue weighted by Crippen LogP contribution is -2.27. The molecule has 6 N–H and O–H groups in total. The maximum Gasteiger partial charge on any atom is 0.335 e. The van der Waals surface area contributed by atoms with Crippen molar-refractivity contribution >= 4 is 29.6 Å². The molecular formula is C18H23N5O3S. The summed E-state index contributed by atoms with van der Waals surface area (Å²) in [6, 6.07) is 5.19. The van der Waals surface area contributed by atoms with Gasteiger partial charge in [-0.15, -0.1) is 11.8 Å². The van der Waals surface area contributed by atoms with Crippen molar-refractivity contribution in [3.63, 3.8) is 0 Å². The Morgan fingerprint density at radius 2 is 1.93 bits per heavy atom. The van der Waals surface area contributed by atoms with Crippen LogP contribution in [0.5, 0.6) is 0 Å². The second-order valence-corrected chi connectivity index (χ2v) is 7.09. The lowest BCUT2D eigenvalue weighted by atomic mass is 9.98. The number of benzene rings is 1. The number of nitrogens with zero attached hydrogens (tertiary/aromatic N) is 2. The fraction of sp³-hybridized carbons (Fsp3) is 0.333. The van der Waals surface area contributed by atoms with E-state index in [1.165, 1.54) is 11.8 Å². The Balaban J connectivity index is 2.19. The van der Waals surface area contributed by atoms with E-state index in [1.54, 1.807) is 19.1 Å². The fourth-order valence-corrected chi connectivity index (χ4v) is 3.35. The molecule has 0 saturated heterocycles. The molecule has 0 fully saturated rings. The summed E-state index contributed by atoms with van der Waals surface area (Å²) < 4.78 is 0. The second-order valence-electron chi connectivity index (χ2n) is 5.97. The first kappa shape index (κ1) is 20.7. The van der Waals surface area contributed by atoms with Crippen molar-refractivity contribution in [3.05, 3.63) is 34.9 Å². The number of rotatable bonds is 8. The Kier molecular flexibility index (Phi) is 7.14. The molecule has 2 aromatic rings. The predicted octanol–water partition coefficient (Wildman–Crippen LogP) is 1.60. The summed E-state index contributed by atoms with van der Waals surface area (Å²) >= 11 is 1.43. The monoisotopic (exact) mass is 389 g/mol. The highest BCUT2D eigenvalue weighted by Crippen LogP contribution is 2.28. The third kappa shape index (κ3) is 5.66. The molecule has 0 aliphatic heterocycles.